The molecule has 0 aromatic heterocycles. The van der Waals surface area contributed by atoms with Crippen molar-refractivity contribution in [2.75, 3.05) is 34.0 Å². The van der Waals surface area contributed by atoms with Crippen LogP contribution in [0.2, 0.25) is 0 Å². The van der Waals surface area contributed by atoms with E-state index in [2.05, 4.69) is 0 Å². The van der Waals surface area contributed by atoms with E-state index < -0.39 is 177 Å². The maximum Gasteiger partial charge on any atom is 0.340 e. The Morgan fingerprint density at radius 3 is 0.730 bits per heavy atom. The Kier molecular flexibility index (Phi) is 31.0. The fourth-order valence-electron chi connectivity index (χ4n) is 15.9. The highest BCUT2D eigenvalue weighted by Gasteiger charge is 2.62. The van der Waals surface area contributed by atoms with Crippen LogP contribution in [0, 0.1) is 0 Å². The number of esters is 10. The van der Waals surface area contributed by atoms with Crippen LogP contribution in [0.15, 0.2) is 382 Å². The summed E-state index contributed by atoms with van der Waals surface area (Å²) in [5.41, 5.74) is -1.28. The van der Waals surface area contributed by atoms with Gasteiger partial charge in [-0.1, -0.05) is 237 Å². The second-order valence-corrected chi connectivity index (χ2v) is 31.5. The molecule has 3 heterocycles. The van der Waals surface area contributed by atoms with Gasteiger partial charge in [0.25, 0.3) is 0 Å². The highest BCUT2D eigenvalue weighted by atomic mass is 16.8. The molecule has 13 aromatic rings. The summed E-state index contributed by atoms with van der Waals surface area (Å²) >= 11 is 0. The van der Waals surface area contributed by atoms with Crippen LogP contribution in [0.4, 0.5) is 0 Å². The van der Waals surface area contributed by atoms with Gasteiger partial charge in [-0.05, 0) is 162 Å². The molecule has 0 saturated carbocycles. The van der Waals surface area contributed by atoms with Crippen LogP contribution in [-0.4, -0.2) is 186 Å². The van der Waals surface area contributed by atoms with E-state index in [-0.39, 0.29) is 55.6 Å². The van der Waals surface area contributed by atoms with Gasteiger partial charge in [-0.25, -0.2) is 47.9 Å². The standard InChI is InChI=1S/C109H90O28/c1-120-82-62-58-80(59-63-82)109(79-56-34-13-35-57-79,81-60-64-83(121-2)65-61-81)124-68-86-88(129-99(113)72-42-20-6-21-43-72)92(136-107-93(132-102(116)75-48-26-9-27-49-75)90(130-100(114)73-44-22-7-23-45-73)87(128-98(112)71-40-18-5-19-41-71)84(125-107)66-122-96(110)69-36-14-3-15-37-69)95(134-104(118)77-52-30-11-31-53-77)106(127-86)135-89-85(67-123-97(111)70-38-16-4-17-39-70)126-108(137-105(119)78-54-32-12-33-55-78)94(133-103(117)76-50-28-10-29-51-76)91(89)131-101(115)74-46-24-8-25-47-74/h3-65,84-95,106-108H,66-68H2,1-2H3/t84-,85-,86-,87-,88+,89-,90+,91+,92+,93-,94+,95-,106+,107+,108-/m1/s1. The van der Waals surface area contributed by atoms with Crippen molar-refractivity contribution in [3.8, 4) is 11.5 Å². The molecule has 3 saturated heterocycles. The van der Waals surface area contributed by atoms with Crippen molar-refractivity contribution in [3.63, 3.8) is 0 Å². The average molecular weight is 1850 g/mol. The molecule has 694 valence electrons. The van der Waals surface area contributed by atoms with E-state index in [0.29, 0.717) is 28.2 Å². The Balaban J connectivity index is 0.953. The van der Waals surface area contributed by atoms with Crippen LogP contribution in [0.3, 0.4) is 0 Å². The molecular formula is C109H90O28. The Hall–Kier alpha value is -16.1. The number of carbonyl (C=O) groups is 10. The van der Waals surface area contributed by atoms with Crippen LogP contribution >= 0.6 is 0 Å². The summed E-state index contributed by atoms with van der Waals surface area (Å²) in [7, 11) is 2.99. The largest absolute Gasteiger partial charge is 0.497 e. The molecular weight excluding hydrogens is 1760 g/mol. The van der Waals surface area contributed by atoms with E-state index in [1.54, 1.807) is 224 Å². The molecule has 13 aromatic carbocycles. The third-order valence-electron chi connectivity index (χ3n) is 22.8. The summed E-state index contributed by atoms with van der Waals surface area (Å²) < 4.78 is 122. The zero-order valence-corrected chi connectivity index (χ0v) is 73.6. The van der Waals surface area contributed by atoms with Crippen molar-refractivity contribution >= 4 is 59.7 Å². The smallest absolute Gasteiger partial charge is 0.340 e. The normalized spacial score (nSPS) is 21.1. The lowest BCUT2D eigenvalue weighted by atomic mass is 9.80. The van der Waals surface area contributed by atoms with Gasteiger partial charge in [0.15, 0.2) is 49.2 Å². The van der Waals surface area contributed by atoms with Crippen molar-refractivity contribution in [3.05, 3.63) is 455 Å². The number of carbonyl (C=O) groups excluding carboxylic acids is 10. The first-order valence-electron chi connectivity index (χ1n) is 43.8. The molecule has 16 rings (SSSR count). The van der Waals surface area contributed by atoms with Crippen molar-refractivity contribution in [1.82, 2.24) is 0 Å². The molecule has 0 unspecified atom stereocenters. The number of methoxy groups -OCH3 is 2. The number of hydrogen-bond donors (Lipinski definition) is 0. The predicted molar refractivity (Wildman–Crippen MR) is 489 cm³/mol. The van der Waals surface area contributed by atoms with Crippen LogP contribution in [0.1, 0.15) is 120 Å². The van der Waals surface area contributed by atoms with E-state index in [1.165, 1.54) is 172 Å². The molecule has 0 aliphatic carbocycles. The fraction of sp³-hybridized carbons (Fsp3) is 0.193. The van der Waals surface area contributed by atoms with Gasteiger partial charge in [0.2, 0.25) is 12.4 Å². The average Bonchev–Trinajstić information content (AvgIpc) is 0.743. The molecule has 3 fully saturated rings. The first-order valence-corrected chi connectivity index (χ1v) is 43.8. The number of benzene rings is 13. The summed E-state index contributed by atoms with van der Waals surface area (Å²) in [4.78, 5) is 154. The number of rotatable bonds is 34. The van der Waals surface area contributed by atoms with Crippen molar-refractivity contribution in [2.24, 2.45) is 0 Å². The minimum Gasteiger partial charge on any atom is -0.497 e. The lowest BCUT2D eigenvalue weighted by Crippen LogP contribution is -2.69. The second-order valence-electron chi connectivity index (χ2n) is 31.5. The minimum absolute atomic E-state index is 0.0138. The first-order chi connectivity index (χ1) is 67.0. The molecule has 3 aliphatic rings. The molecule has 0 spiro atoms. The molecule has 0 radical (unpaired) electrons. The molecule has 0 amide bonds. The molecule has 0 N–H and O–H groups in total. The maximum absolute atomic E-state index is 16.2. The summed E-state index contributed by atoms with van der Waals surface area (Å²) in [6.07, 6.45) is -33.0. The van der Waals surface area contributed by atoms with E-state index in [0.717, 1.165) is 0 Å². The topological polar surface area (TPSA) is 337 Å². The third-order valence-corrected chi connectivity index (χ3v) is 22.8. The van der Waals surface area contributed by atoms with Gasteiger partial charge < -0.3 is 85.3 Å². The molecule has 0 bridgehead atoms. The minimum atomic E-state index is -2.45. The van der Waals surface area contributed by atoms with Crippen molar-refractivity contribution < 1.29 is 133 Å². The van der Waals surface area contributed by atoms with Gasteiger partial charge in [0.05, 0.1) is 76.5 Å². The number of hydrogen-bond acceptors (Lipinski definition) is 28. The molecule has 28 heteroatoms. The Morgan fingerprint density at radius 1 is 0.212 bits per heavy atom. The lowest BCUT2D eigenvalue weighted by Gasteiger charge is -2.51. The summed E-state index contributed by atoms with van der Waals surface area (Å²) in [5.74, 6) is -10.1. The van der Waals surface area contributed by atoms with Gasteiger partial charge in [-0.15, -0.1) is 0 Å². The van der Waals surface area contributed by atoms with Crippen LogP contribution in [0.25, 0.3) is 0 Å². The summed E-state index contributed by atoms with van der Waals surface area (Å²) in [6, 6.07) is 98.6. The van der Waals surface area contributed by atoms with Crippen LogP contribution in [0.5, 0.6) is 11.5 Å². The maximum atomic E-state index is 16.2. The molecule has 28 nitrogen and oxygen atoms in total. The highest BCUT2D eigenvalue weighted by Crippen LogP contribution is 2.46. The Labute approximate surface area is 786 Å². The number of ether oxygens (including phenoxy) is 18. The van der Waals surface area contributed by atoms with E-state index >= 15 is 33.6 Å². The zero-order chi connectivity index (χ0) is 95.0. The SMILES string of the molecule is COc1ccc(C(OC[C@H]2O[C@@H](O[C@H]3[C@H](OC(=O)c4ccccc4)[C@H](OC(=O)c4ccccc4)[C@@H](OC(=O)c4ccccc4)O[C@@H]3COC(=O)c3ccccc3)[C@H](OC(=O)c3ccccc3)[C@@H](O[C@@H]3O[C@H](COC(=O)c4ccccc4)[C@@H](OC(=O)c4ccccc4)[C@H](OC(=O)c4ccccc4)[C@H]3OC(=O)c3ccccc3)[C@H]2OC(=O)c2ccccc2)(c2ccccc2)c2ccc(OC)cc2)cc1. The third kappa shape index (κ3) is 22.9. The van der Waals surface area contributed by atoms with Gasteiger partial charge in [0, 0.05) is 0 Å². The van der Waals surface area contributed by atoms with Crippen LogP contribution < -0.4 is 9.47 Å². The van der Waals surface area contributed by atoms with Gasteiger partial charge in [-0.3, -0.25) is 0 Å². The Bertz CT molecular complexity index is 6180. The summed E-state index contributed by atoms with van der Waals surface area (Å²) in [5, 5.41) is 0. The van der Waals surface area contributed by atoms with E-state index in [9.17, 15) is 14.4 Å². The molecule has 137 heavy (non-hydrogen) atoms. The van der Waals surface area contributed by atoms with Gasteiger partial charge in [0.1, 0.15) is 60.8 Å². The predicted octanol–water partition coefficient (Wildman–Crippen LogP) is 16.1. The van der Waals surface area contributed by atoms with Crippen molar-refractivity contribution in [1.29, 1.82) is 0 Å². The fourth-order valence-corrected chi connectivity index (χ4v) is 15.9. The molecule has 3 aliphatic heterocycles. The van der Waals surface area contributed by atoms with Gasteiger partial charge >= 0.3 is 59.7 Å². The second kappa shape index (κ2) is 45.1. The van der Waals surface area contributed by atoms with Crippen LogP contribution in [-0.2, 0) is 81.4 Å². The first kappa shape index (κ1) is 94.1. The monoisotopic (exact) mass is 1850 g/mol. The van der Waals surface area contributed by atoms with Gasteiger partial charge in [-0.2, -0.15) is 0 Å². The Morgan fingerprint density at radius 2 is 0.423 bits per heavy atom. The quantitative estimate of drug-likeness (QED) is 0.0205. The molecule has 15 atom stereocenters. The van der Waals surface area contributed by atoms with Crippen molar-refractivity contribution in [2.45, 2.75) is 97.7 Å². The lowest BCUT2D eigenvalue weighted by molar-refractivity contribution is -0.376. The summed E-state index contributed by atoms with van der Waals surface area (Å²) in [6.45, 7) is -2.72. The highest BCUT2D eigenvalue weighted by molar-refractivity contribution is 5.95. The zero-order valence-electron chi connectivity index (χ0n) is 73.6. The van der Waals surface area contributed by atoms with E-state index in [1.807, 2.05) is 0 Å². The van der Waals surface area contributed by atoms with E-state index in [4.69, 9.17) is 85.3 Å².